The number of aromatic nitrogens is 2. The van der Waals surface area contributed by atoms with E-state index in [1.807, 2.05) is 43.3 Å². The van der Waals surface area contributed by atoms with Crippen molar-refractivity contribution in [3.05, 3.63) is 71.0 Å². The molecule has 0 saturated carbocycles. The van der Waals surface area contributed by atoms with E-state index < -0.39 is 0 Å². The van der Waals surface area contributed by atoms with Gasteiger partial charge in [-0.3, -0.25) is 0 Å². The Bertz CT molecular complexity index is 821. The van der Waals surface area contributed by atoms with E-state index in [1.54, 1.807) is 12.1 Å². The van der Waals surface area contributed by atoms with Gasteiger partial charge in [-0.05, 0) is 55.5 Å². The van der Waals surface area contributed by atoms with Crippen LogP contribution in [0.15, 0.2) is 59.6 Å². The summed E-state index contributed by atoms with van der Waals surface area (Å²) in [5, 5.41) is 9.59. The highest BCUT2D eigenvalue weighted by molar-refractivity contribution is 7.98. The van der Waals surface area contributed by atoms with Gasteiger partial charge in [0.2, 0.25) is 0 Å². The summed E-state index contributed by atoms with van der Waals surface area (Å²) in [5.74, 6) is 0.926. The number of rotatable bonds is 6. The number of ether oxygens (including phenoxy) is 1. The van der Waals surface area contributed by atoms with Crippen LogP contribution in [-0.2, 0) is 5.75 Å². The first kappa shape index (κ1) is 17.7. The number of benzene rings is 2. The van der Waals surface area contributed by atoms with Crippen molar-refractivity contribution in [3.63, 3.8) is 0 Å². The highest BCUT2D eigenvalue weighted by Gasteiger charge is 2.09. The van der Waals surface area contributed by atoms with Gasteiger partial charge in [-0.1, -0.05) is 29.4 Å². The Kier molecular flexibility index (Phi) is 5.89. The van der Waals surface area contributed by atoms with Crippen LogP contribution in [0, 0.1) is 5.82 Å². The van der Waals surface area contributed by atoms with E-state index in [9.17, 15) is 4.39 Å². The third-order valence-electron chi connectivity index (χ3n) is 3.53. The van der Waals surface area contributed by atoms with Crippen LogP contribution in [-0.4, -0.2) is 16.8 Å². The van der Waals surface area contributed by atoms with Crippen molar-refractivity contribution in [2.75, 3.05) is 6.61 Å². The maximum atomic E-state index is 13.8. The molecule has 128 valence electrons. The standard InChI is InChI=1S/C19H16ClFN2OS/c1-2-24-14-8-6-13(7-9-14)18-10-11-19(23-22-18)25-12-15-16(20)4-3-5-17(15)21/h3-11H,2,12H2,1H3. The predicted octanol–water partition coefficient (Wildman–Crippen LogP) is 5.63. The van der Waals surface area contributed by atoms with Gasteiger partial charge in [0.1, 0.15) is 16.6 Å². The van der Waals surface area contributed by atoms with Crippen LogP contribution in [0.4, 0.5) is 4.39 Å². The zero-order valence-electron chi connectivity index (χ0n) is 13.6. The van der Waals surface area contributed by atoms with Gasteiger partial charge in [0, 0.05) is 21.9 Å². The van der Waals surface area contributed by atoms with Gasteiger partial charge >= 0.3 is 0 Å². The van der Waals surface area contributed by atoms with Crippen molar-refractivity contribution in [3.8, 4) is 17.0 Å². The zero-order valence-corrected chi connectivity index (χ0v) is 15.1. The second-order valence-electron chi connectivity index (χ2n) is 5.20. The van der Waals surface area contributed by atoms with Crippen molar-refractivity contribution in [1.29, 1.82) is 0 Å². The quantitative estimate of drug-likeness (QED) is 0.524. The number of hydrogen-bond donors (Lipinski definition) is 0. The Balaban J connectivity index is 1.68. The molecule has 0 radical (unpaired) electrons. The number of thioether (sulfide) groups is 1. The third-order valence-corrected chi connectivity index (χ3v) is 4.83. The predicted molar refractivity (Wildman–Crippen MR) is 99.6 cm³/mol. The Morgan fingerprint density at radius 2 is 1.84 bits per heavy atom. The lowest BCUT2D eigenvalue weighted by Gasteiger charge is -2.06. The van der Waals surface area contributed by atoms with E-state index >= 15 is 0 Å². The van der Waals surface area contributed by atoms with Crippen molar-refractivity contribution < 1.29 is 9.13 Å². The molecule has 0 N–H and O–H groups in total. The molecule has 3 aromatic rings. The van der Waals surface area contributed by atoms with Gasteiger partial charge < -0.3 is 4.74 Å². The van der Waals surface area contributed by atoms with Gasteiger partial charge in [-0.2, -0.15) is 0 Å². The van der Waals surface area contributed by atoms with E-state index in [-0.39, 0.29) is 5.82 Å². The summed E-state index contributed by atoms with van der Waals surface area (Å²) in [5.41, 5.74) is 2.22. The summed E-state index contributed by atoms with van der Waals surface area (Å²) in [6.07, 6.45) is 0. The molecule has 1 heterocycles. The SMILES string of the molecule is CCOc1ccc(-c2ccc(SCc3c(F)cccc3Cl)nn2)cc1. The van der Waals surface area contributed by atoms with E-state index in [4.69, 9.17) is 16.3 Å². The Morgan fingerprint density at radius 1 is 1.04 bits per heavy atom. The molecule has 25 heavy (non-hydrogen) atoms. The largest absolute Gasteiger partial charge is 0.494 e. The first-order valence-electron chi connectivity index (χ1n) is 7.80. The molecule has 2 aromatic carbocycles. The average molecular weight is 375 g/mol. The lowest BCUT2D eigenvalue weighted by molar-refractivity contribution is 0.340. The fraction of sp³-hybridized carbons (Fsp3) is 0.158. The Labute approximate surface area is 155 Å². The molecule has 3 rings (SSSR count). The van der Waals surface area contributed by atoms with Crippen LogP contribution in [0.25, 0.3) is 11.3 Å². The van der Waals surface area contributed by atoms with Gasteiger partial charge in [-0.25, -0.2) is 4.39 Å². The molecule has 1 aromatic heterocycles. The van der Waals surface area contributed by atoms with E-state index in [1.165, 1.54) is 17.8 Å². The van der Waals surface area contributed by atoms with Crippen LogP contribution in [0.1, 0.15) is 12.5 Å². The Morgan fingerprint density at radius 3 is 2.48 bits per heavy atom. The van der Waals surface area contributed by atoms with Crippen LogP contribution in [0.2, 0.25) is 5.02 Å². The molecule has 0 spiro atoms. The average Bonchev–Trinajstić information content (AvgIpc) is 2.63. The summed E-state index contributed by atoms with van der Waals surface area (Å²) in [4.78, 5) is 0. The van der Waals surface area contributed by atoms with Crippen molar-refractivity contribution in [2.24, 2.45) is 0 Å². The zero-order chi connectivity index (χ0) is 17.6. The summed E-state index contributed by atoms with van der Waals surface area (Å²) in [6.45, 7) is 2.58. The highest BCUT2D eigenvalue weighted by Crippen LogP contribution is 2.28. The van der Waals surface area contributed by atoms with Gasteiger partial charge in [-0.15, -0.1) is 10.2 Å². The minimum Gasteiger partial charge on any atom is -0.494 e. The molecule has 0 aliphatic heterocycles. The number of hydrogen-bond acceptors (Lipinski definition) is 4. The van der Waals surface area contributed by atoms with Gasteiger partial charge in [0.05, 0.1) is 12.3 Å². The lowest BCUT2D eigenvalue weighted by atomic mass is 10.1. The van der Waals surface area contributed by atoms with E-state index in [2.05, 4.69) is 10.2 Å². The van der Waals surface area contributed by atoms with Crippen LogP contribution in [0.5, 0.6) is 5.75 Å². The molecule has 0 atom stereocenters. The Hall–Kier alpha value is -2.11. The summed E-state index contributed by atoms with van der Waals surface area (Å²) in [6, 6.07) is 16.2. The first-order valence-corrected chi connectivity index (χ1v) is 9.16. The topological polar surface area (TPSA) is 35.0 Å². The molecule has 0 aliphatic carbocycles. The fourth-order valence-electron chi connectivity index (χ4n) is 2.26. The smallest absolute Gasteiger partial charge is 0.128 e. The van der Waals surface area contributed by atoms with Crippen LogP contribution < -0.4 is 4.74 Å². The fourth-order valence-corrected chi connectivity index (χ4v) is 3.41. The molecule has 0 saturated heterocycles. The molecule has 0 aliphatic rings. The van der Waals surface area contributed by atoms with E-state index in [0.717, 1.165) is 17.0 Å². The van der Waals surface area contributed by atoms with Crippen LogP contribution in [0.3, 0.4) is 0 Å². The monoisotopic (exact) mass is 374 g/mol. The number of halogens is 2. The maximum absolute atomic E-state index is 13.8. The second-order valence-corrected chi connectivity index (χ2v) is 6.61. The molecule has 0 unspecified atom stereocenters. The lowest BCUT2D eigenvalue weighted by Crippen LogP contribution is -1.93. The van der Waals surface area contributed by atoms with Crippen molar-refractivity contribution in [2.45, 2.75) is 17.7 Å². The molecular formula is C19H16ClFN2OS. The molecule has 0 fully saturated rings. The molecule has 0 amide bonds. The molecule has 0 bridgehead atoms. The first-order chi connectivity index (χ1) is 12.2. The maximum Gasteiger partial charge on any atom is 0.128 e. The minimum atomic E-state index is -0.307. The van der Waals surface area contributed by atoms with Crippen LogP contribution >= 0.6 is 23.4 Å². The van der Waals surface area contributed by atoms with Crippen molar-refractivity contribution in [1.82, 2.24) is 10.2 Å². The minimum absolute atomic E-state index is 0.307. The summed E-state index contributed by atoms with van der Waals surface area (Å²) in [7, 11) is 0. The van der Waals surface area contributed by atoms with E-state index in [0.29, 0.717) is 28.0 Å². The summed E-state index contributed by atoms with van der Waals surface area (Å²) >= 11 is 7.43. The van der Waals surface area contributed by atoms with Gasteiger partial charge in [0.15, 0.2) is 0 Å². The molecular weight excluding hydrogens is 359 g/mol. The van der Waals surface area contributed by atoms with Gasteiger partial charge in [0.25, 0.3) is 0 Å². The highest BCUT2D eigenvalue weighted by atomic mass is 35.5. The molecule has 6 heteroatoms. The second kappa shape index (κ2) is 8.32. The summed E-state index contributed by atoms with van der Waals surface area (Å²) < 4.78 is 19.2. The third kappa shape index (κ3) is 4.50. The number of nitrogens with zero attached hydrogens (tertiary/aromatic N) is 2. The molecule has 3 nitrogen and oxygen atoms in total. The van der Waals surface area contributed by atoms with Crippen molar-refractivity contribution >= 4 is 23.4 Å². The normalized spacial score (nSPS) is 10.7.